The molecule has 0 aliphatic rings. The molecule has 5 nitrogen and oxygen atoms in total. The number of hydrogen-bond acceptors (Lipinski definition) is 6. The number of rotatable bonds is 3. The second-order valence-electron chi connectivity index (χ2n) is 4.09. The van der Waals surface area contributed by atoms with Crippen molar-refractivity contribution >= 4 is 23.7 Å². The van der Waals surface area contributed by atoms with Crippen LogP contribution < -0.4 is 10.6 Å². The summed E-state index contributed by atoms with van der Waals surface area (Å²) in [4.78, 5) is 15.4. The van der Waals surface area contributed by atoms with Crippen molar-refractivity contribution in [2.24, 2.45) is 0 Å². The van der Waals surface area contributed by atoms with Gasteiger partial charge in [-0.25, -0.2) is 0 Å². The smallest absolute Gasteiger partial charge is 0.230 e. The zero-order valence-corrected chi connectivity index (χ0v) is 11.4. The summed E-state index contributed by atoms with van der Waals surface area (Å²) < 4.78 is 0. The quantitative estimate of drug-likeness (QED) is 0.911. The molecule has 0 fully saturated rings. The molecule has 0 unspecified atom stereocenters. The summed E-state index contributed by atoms with van der Waals surface area (Å²) >= 11 is 1.48. The van der Waals surface area contributed by atoms with Gasteiger partial charge in [-0.3, -0.25) is 0 Å². The largest absolute Gasteiger partial charge is 0.368 e. The lowest BCUT2D eigenvalue weighted by Crippen LogP contribution is -2.15. The molecular weight excluding hydrogens is 246 g/mol. The lowest BCUT2D eigenvalue weighted by molar-refractivity contribution is 0.876. The first kappa shape index (κ1) is 12.6. The maximum Gasteiger partial charge on any atom is 0.230 e. The molecule has 0 saturated carbocycles. The fraction of sp³-hybridized carbons (Fsp3) is 0.250. The molecule has 18 heavy (non-hydrogen) atoms. The third kappa shape index (κ3) is 3.10. The van der Waals surface area contributed by atoms with Crippen LogP contribution in [0.15, 0.2) is 34.3 Å². The van der Waals surface area contributed by atoms with E-state index < -0.39 is 0 Å². The summed E-state index contributed by atoms with van der Waals surface area (Å²) in [6, 6.07) is 8.17. The first-order valence-corrected chi connectivity index (χ1v) is 6.29. The minimum atomic E-state index is 0.240. The number of hydrogen-bond donors (Lipinski definition) is 1. The predicted octanol–water partition coefficient (Wildman–Crippen LogP) is 1.98. The monoisotopic (exact) mass is 261 g/mol. The molecule has 1 aromatic heterocycles. The second-order valence-corrected chi connectivity index (χ2v) is 5.13. The highest BCUT2D eigenvalue weighted by molar-refractivity contribution is 7.99. The van der Waals surface area contributed by atoms with Gasteiger partial charge in [-0.1, -0.05) is 17.7 Å². The molecule has 0 amide bonds. The van der Waals surface area contributed by atoms with E-state index in [-0.39, 0.29) is 5.95 Å². The maximum atomic E-state index is 5.68. The van der Waals surface area contributed by atoms with E-state index in [1.54, 1.807) is 4.90 Å². The van der Waals surface area contributed by atoms with Crippen LogP contribution in [0.2, 0.25) is 0 Å². The zero-order valence-electron chi connectivity index (χ0n) is 10.6. The summed E-state index contributed by atoms with van der Waals surface area (Å²) in [6.45, 7) is 2.05. The van der Waals surface area contributed by atoms with Crippen molar-refractivity contribution in [3.8, 4) is 0 Å². The molecule has 0 aliphatic carbocycles. The second kappa shape index (κ2) is 5.22. The van der Waals surface area contributed by atoms with Gasteiger partial charge in [-0.2, -0.15) is 15.0 Å². The van der Waals surface area contributed by atoms with E-state index in [1.165, 1.54) is 17.3 Å². The lowest BCUT2D eigenvalue weighted by atomic mass is 10.2. The van der Waals surface area contributed by atoms with Crippen molar-refractivity contribution in [3.63, 3.8) is 0 Å². The van der Waals surface area contributed by atoms with E-state index in [0.29, 0.717) is 11.1 Å². The maximum absolute atomic E-state index is 5.68. The number of nitrogen functional groups attached to an aromatic ring is 1. The third-order valence-electron chi connectivity index (χ3n) is 2.22. The van der Waals surface area contributed by atoms with Crippen molar-refractivity contribution in [1.29, 1.82) is 0 Å². The molecule has 2 aromatic rings. The van der Waals surface area contributed by atoms with Crippen LogP contribution in [-0.2, 0) is 0 Å². The number of nitrogens with two attached hydrogens (primary N) is 1. The molecule has 1 aromatic carbocycles. The standard InChI is InChI=1S/C12H15N5S/c1-8-5-4-6-9(7-8)18-12-15-10(13)14-11(16-12)17(2)3/h4-7H,1-3H3,(H2,13,14,15,16). The van der Waals surface area contributed by atoms with E-state index in [9.17, 15) is 0 Å². The van der Waals surface area contributed by atoms with Gasteiger partial charge in [0.1, 0.15) is 0 Å². The Bertz CT molecular complexity index is 556. The number of aromatic nitrogens is 3. The Hall–Kier alpha value is -1.82. The molecule has 94 valence electrons. The number of anilines is 2. The predicted molar refractivity (Wildman–Crippen MR) is 73.9 cm³/mol. The van der Waals surface area contributed by atoms with Gasteiger partial charge in [-0.05, 0) is 30.8 Å². The van der Waals surface area contributed by atoms with Crippen LogP contribution in [0.3, 0.4) is 0 Å². The Balaban J connectivity index is 2.29. The highest BCUT2D eigenvalue weighted by Gasteiger charge is 2.07. The van der Waals surface area contributed by atoms with Crippen LogP contribution in [-0.4, -0.2) is 29.0 Å². The Kier molecular flexibility index (Phi) is 3.66. The fourth-order valence-corrected chi connectivity index (χ4v) is 2.26. The summed E-state index contributed by atoms with van der Waals surface area (Å²) in [5, 5.41) is 0.608. The van der Waals surface area contributed by atoms with Crippen molar-refractivity contribution in [2.75, 3.05) is 24.7 Å². The van der Waals surface area contributed by atoms with Crippen molar-refractivity contribution < 1.29 is 0 Å². The normalized spacial score (nSPS) is 10.4. The molecular formula is C12H15N5S. The van der Waals surface area contributed by atoms with E-state index in [0.717, 1.165) is 4.90 Å². The van der Waals surface area contributed by atoms with Crippen LogP contribution >= 0.6 is 11.8 Å². The molecule has 2 N–H and O–H groups in total. The molecule has 0 saturated heterocycles. The summed E-state index contributed by atoms with van der Waals surface area (Å²) in [6.07, 6.45) is 0. The average molecular weight is 261 g/mol. The number of nitrogens with zero attached hydrogens (tertiary/aromatic N) is 4. The van der Waals surface area contributed by atoms with E-state index in [1.807, 2.05) is 26.2 Å². The Labute approximate surface area is 110 Å². The first-order chi connectivity index (χ1) is 8.54. The average Bonchev–Trinajstić information content (AvgIpc) is 2.28. The van der Waals surface area contributed by atoms with Crippen molar-refractivity contribution in [3.05, 3.63) is 29.8 Å². The van der Waals surface area contributed by atoms with Crippen LogP contribution in [0.5, 0.6) is 0 Å². The molecule has 0 radical (unpaired) electrons. The highest BCUT2D eigenvalue weighted by Crippen LogP contribution is 2.26. The lowest BCUT2D eigenvalue weighted by Gasteiger charge is -2.11. The van der Waals surface area contributed by atoms with Crippen LogP contribution in [0.1, 0.15) is 5.56 Å². The Morgan fingerprint density at radius 2 is 1.94 bits per heavy atom. The van der Waals surface area contributed by atoms with E-state index in [4.69, 9.17) is 5.73 Å². The van der Waals surface area contributed by atoms with Gasteiger partial charge in [0.15, 0.2) is 5.16 Å². The summed E-state index contributed by atoms with van der Waals surface area (Å²) in [5.41, 5.74) is 6.88. The van der Waals surface area contributed by atoms with E-state index >= 15 is 0 Å². The summed E-state index contributed by atoms with van der Waals surface area (Å²) in [7, 11) is 3.74. The minimum Gasteiger partial charge on any atom is -0.368 e. The zero-order chi connectivity index (χ0) is 13.1. The van der Waals surface area contributed by atoms with Crippen LogP contribution in [0, 0.1) is 6.92 Å². The minimum absolute atomic E-state index is 0.240. The fourth-order valence-electron chi connectivity index (χ4n) is 1.39. The number of benzene rings is 1. The van der Waals surface area contributed by atoms with Gasteiger partial charge in [0.05, 0.1) is 0 Å². The first-order valence-electron chi connectivity index (χ1n) is 5.48. The van der Waals surface area contributed by atoms with Crippen LogP contribution in [0.25, 0.3) is 0 Å². The van der Waals surface area contributed by atoms with Crippen LogP contribution in [0.4, 0.5) is 11.9 Å². The van der Waals surface area contributed by atoms with Gasteiger partial charge in [-0.15, -0.1) is 0 Å². The third-order valence-corrected chi connectivity index (χ3v) is 3.07. The molecule has 1 heterocycles. The van der Waals surface area contributed by atoms with Gasteiger partial charge < -0.3 is 10.6 Å². The van der Waals surface area contributed by atoms with Gasteiger partial charge in [0.25, 0.3) is 0 Å². The molecule has 0 aliphatic heterocycles. The highest BCUT2D eigenvalue weighted by atomic mass is 32.2. The Morgan fingerprint density at radius 1 is 1.17 bits per heavy atom. The van der Waals surface area contributed by atoms with E-state index in [2.05, 4.69) is 34.0 Å². The van der Waals surface area contributed by atoms with Crippen molar-refractivity contribution in [2.45, 2.75) is 17.0 Å². The van der Waals surface area contributed by atoms with Gasteiger partial charge >= 0.3 is 0 Å². The molecule has 2 rings (SSSR count). The summed E-state index contributed by atoms with van der Waals surface area (Å²) in [5.74, 6) is 0.807. The van der Waals surface area contributed by atoms with Gasteiger partial charge in [0.2, 0.25) is 11.9 Å². The molecule has 6 heteroatoms. The number of aryl methyl sites for hydroxylation is 1. The molecule has 0 atom stereocenters. The van der Waals surface area contributed by atoms with Crippen molar-refractivity contribution in [1.82, 2.24) is 15.0 Å². The topological polar surface area (TPSA) is 67.9 Å². The SMILES string of the molecule is Cc1cccc(Sc2nc(N)nc(N(C)C)n2)c1. The molecule has 0 spiro atoms. The Morgan fingerprint density at radius 3 is 2.61 bits per heavy atom. The van der Waals surface area contributed by atoms with Gasteiger partial charge in [0, 0.05) is 19.0 Å². The molecule has 0 bridgehead atoms.